The molecule has 1 atom stereocenters. The van der Waals surface area contributed by atoms with Crippen LogP contribution in [0, 0.1) is 0 Å². The summed E-state index contributed by atoms with van der Waals surface area (Å²) in [6, 6.07) is 0.662. The molecular weight excluding hydrogens is 222 g/mol. The highest BCUT2D eigenvalue weighted by molar-refractivity contribution is 4.97. The van der Waals surface area contributed by atoms with Crippen LogP contribution in [0.1, 0.15) is 46.0 Å². The molecule has 0 radical (unpaired) electrons. The van der Waals surface area contributed by atoms with E-state index in [0.717, 1.165) is 13.1 Å². The molecule has 1 aliphatic rings. The van der Waals surface area contributed by atoms with Crippen LogP contribution >= 0.6 is 0 Å². The predicted molar refractivity (Wildman–Crippen MR) is 80.1 cm³/mol. The first kappa shape index (κ1) is 15.9. The van der Waals surface area contributed by atoms with Gasteiger partial charge in [-0.25, -0.2) is 0 Å². The van der Waals surface area contributed by atoms with Gasteiger partial charge in [0.25, 0.3) is 0 Å². The first-order chi connectivity index (χ1) is 8.50. The third kappa shape index (κ3) is 4.52. The standard InChI is InChI=1S/C15H33N3/c1-6-8-14(2)16-11-12-18(5)13-15(17(3)4)9-7-10-15/h14,16H,6-13H2,1-5H3. The molecule has 0 aromatic carbocycles. The molecular formula is C15H33N3. The van der Waals surface area contributed by atoms with Crippen molar-refractivity contribution in [3.05, 3.63) is 0 Å². The summed E-state index contributed by atoms with van der Waals surface area (Å²) in [4.78, 5) is 4.92. The van der Waals surface area contributed by atoms with E-state index in [-0.39, 0.29) is 0 Å². The highest BCUT2D eigenvalue weighted by Crippen LogP contribution is 2.36. The van der Waals surface area contributed by atoms with Crippen molar-refractivity contribution in [1.82, 2.24) is 15.1 Å². The largest absolute Gasteiger partial charge is 0.313 e. The van der Waals surface area contributed by atoms with E-state index in [1.807, 2.05) is 0 Å². The molecule has 1 saturated carbocycles. The summed E-state index contributed by atoms with van der Waals surface area (Å²) in [7, 11) is 6.72. The van der Waals surface area contributed by atoms with Gasteiger partial charge in [0, 0.05) is 31.2 Å². The summed E-state index contributed by atoms with van der Waals surface area (Å²) in [5.41, 5.74) is 0.462. The number of rotatable bonds is 9. The fourth-order valence-corrected chi connectivity index (χ4v) is 2.95. The van der Waals surface area contributed by atoms with E-state index in [2.05, 4.69) is 50.1 Å². The number of likely N-dealkylation sites (N-methyl/N-ethyl adjacent to an activating group) is 2. The van der Waals surface area contributed by atoms with E-state index in [4.69, 9.17) is 0 Å². The Morgan fingerprint density at radius 2 is 1.89 bits per heavy atom. The average Bonchev–Trinajstić information content (AvgIpc) is 2.23. The maximum absolute atomic E-state index is 3.61. The zero-order chi connectivity index (χ0) is 13.6. The molecule has 0 aliphatic heterocycles. The molecule has 1 unspecified atom stereocenters. The Hall–Kier alpha value is -0.120. The Morgan fingerprint density at radius 1 is 1.22 bits per heavy atom. The van der Waals surface area contributed by atoms with Crippen molar-refractivity contribution in [1.29, 1.82) is 0 Å². The normalized spacial score (nSPS) is 20.2. The molecule has 1 rings (SSSR count). The monoisotopic (exact) mass is 255 g/mol. The molecule has 0 aromatic heterocycles. The Bertz CT molecular complexity index is 224. The van der Waals surface area contributed by atoms with Crippen LogP contribution in [0.15, 0.2) is 0 Å². The van der Waals surface area contributed by atoms with Gasteiger partial charge in [0.2, 0.25) is 0 Å². The second kappa shape index (κ2) is 7.46. The zero-order valence-corrected chi connectivity index (χ0v) is 13.1. The van der Waals surface area contributed by atoms with Crippen molar-refractivity contribution in [2.45, 2.75) is 57.5 Å². The van der Waals surface area contributed by atoms with Crippen LogP contribution in [0.4, 0.5) is 0 Å². The maximum Gasteiger partial charge on any atom is 0.0330 e. The average molecular weight is 255 g/mol. The van der Waals surface area contributed by atoms with Gasteiger partial charge in [-0.1, -0.05) is 13.3 Å². The van der Waals surface area contributed by atoms with Gasteiger partial charge in [0.15, 0.2) is 0 Å². The lowest BCUT2D eigenvalue weighted by Gasteiger charge is -2.49. The fraction of sp³-hybridized carbons (Fsp3) is 1.00. The minimum Gasteiger partial charge on any atom is -0.313 e. The lowest BCUT2D eigenvalue weighted by atomic mass is 9.75. The summed E-state index contributed by atoms with van der Waals surface area (Å²) in [6.07, 6.45) is 6.69. The molecule has 0 amide bonds. The molecule has 18 heavy (non-hydrogen) atoms. The molecule has 0 spiro atoms. The van der Waals surface area contributed by atoms with Gasteiger partial charge >= 0.3 is 0 Å². The molecule has 0 heterocycles. The van der Waals surface area contributed by atoms with E-state index < -0.39 is 0 Å². The molecule has 1 N–H and O–H groups in total. The molecule has 0 aromatic rings. The molecule has 1 fully saturated rings. The van der Waals surface area contributed by atoms with Gasteiger partial charge < -0.3 is 15.1 Å². The van der Waals surface area contributed by atoms with Crippen LogP contribution in [0.2, 0.25) is 0 Å². The fourth-order valence-electron chi connectivity index (χ4n) is 2.95. The SMILES string of the molecule is CCCC(C)NCCN(C)CC1(N(C)C)CCC1. The highest BCUT2D eigenvalue weighted by atomic mass is 15.2. The summed E-state index contributed by atoms with van der Waals surface area (Å²) in [5, 5.41) is 3.61. The zero-order valence-electron chi connectivity index (χ0n) is 13.1. The summed E-state index contributed by atoms with van der Waals surface area (Å²) >= 11 is 0. The van der Waals surface area contributed by atoms with Crippen LogP contribution < -0.4 is 5.32 Å². The second-order valence-electron chi connectivity index (χ2n) is 6.35. The van der Waals surface area contributed by atoms with E-state index in [9.17, 15) is 0 Å². The first-order valence-corrected chi connectivity index (χ1v) is 7.59. The van der Waals surface area contributed by atoms with Gasteiger partial charge in [-0.15, -0.1) is 0 Å². The van der Waals surface area contributed by atoms with Gasteiger partial charge in [0.1, 0.15) is 0 Å². The van der Waals surface area contributed by atoms with E-state index in [1.54, 1.807) is 0 Å². The number of nitrogens with zero attached hydrogens (tertiary/aromatic N) is 2. The van der Waals surface area contributed by atoms with Crippen molar-refractivity contribution in [2.24, 2.45) is 0 Å². The summed E-state index contributed by atoms with van der Waals surface area (Å²) in [5.74, 6) is 0. The number of hydrogen-bond acceptors (Lipinski definition) is 3. The van der Waals surface area contributed by atoms with Crippen LogP contribution in [-0.2, 0) is 0 Å². The van der Waals surface area contributed by atoms with E-state index in [1.165, 1.54) is 38.6 Å². The van der Waals surface area contributed by atoms with Gasteiger partial charge in [-0.05, 0) is 53.8 Å². The Balaban J connectivity index is 2.19. The lowest BCUT2D eigenvalue weighted by Crippen LogP contribution is -2.57. The van der Waals surface area contributed by atoms with Crippen LogP contribution in [0.3, 0.4) is 0 Å². The highest BCUT2D eigenvalue weighted by Gasteiger charge is 2.39. The second-order valence-corrected chi connectivity index (χ2v) is 6.35. The van der Waals surface area contributed by atoms with Crippen LogP contribution in [0.5, 0.6) is 0 Å². The topological polar surface area (TPSA) is 18.5 Å². The van der Waals surface area contributed by atoms with Crippen molar-refractivity contribution >= 4 is 0 Å². The van der Waals surface area contributed by atoms with Crippen LogP contribution in [0.25, 0.3) is 0 Å². The lowest BCUT2D eigenvalue weighted by molar-refractivity contribution is 0.0280. The van der Waals surface area contributed by atoms with Gasteiger partial charge in [0.05, 0.1) is 0 Å². The third-order valence-electron chi connectivity index (χ3n) is 4.51. The molecule has 3 nitrogen and oxygen atoms in total. The minimum absolute atomic E-state index is 0.462. The van der Waals surface area contributed by atoms with Gasteiger partial charge in [-0.2, -0.15) is 0 Å². The number of hydrogen-bond donors (Lipinski definition) is 1. The Labute approximate surface area is 114 Å². The molecule has 3 heteroatoms. The Morgan fingerprint density at radius 3 is 2.33 bits per heavy atom. The van der Waals surface area contributed by atoms with Crippen molar-refractivity contribution in [3.8, 4) is 0 Å². The number of nitrogens with one attached hydrogen (secondary N) is 1. The maximum atomic E-state index is 3.61. The predicted octanol–water partition coefficient (Wildman–Crippen LogP) is 2.18. The van der Waals surface area contributed by atoms with Crippen molar-refractivity contribution in [3.63, 3.8) is 0 Å². The van der Waals surface area contributed by atoms with Crippen molar-refractivity contribution in [2.75, 3.05) is 40.8 Å². The smallest absolute Gasteiger partial charge is 0.0330 e. The quantitative estimate of drug-likeness (QED) is 0.681. The molecule has 0 bridgehead atoms. The molecule has 0 saturated heterocycles. The summed E-state index contributed by atoms with van der Waals surface area (Å²) < 4.78 is 0. The first-order valence-electron chi connectivity index (χ1n) is 7.59. The summed E-state index contributed by atoms with van der Waals surface area (Å²) in [6.45, 7) is 8.02. The van der Waals surface area contributed by atoms with Crippen LogP contribution in [-0.4, -0.2) is 62.2 Å². The van der Waals surface area contributed by atoms with E-state index in [0.29, 0.717) is 11.6 Å². The van der Waals surface area contributed by atoms with Gasteiger partial charge in [-0.3, -0.25) is 0 Å². The Kier molecular flexibility index (Phi) is 6.61. The molecule has 108 valence electrons. The van der Waals surface area contributed by atoms with E-state index >= 15 is 0 Å². The van der Waals surface area contributed by atoms with Crippen molar-refractivity contribution < 1.29 is 0 Å². The minimum atomic E-state index is 0.462. The third-order valence-corrected chi connectivity index (χ3v) is 4.51. The molecule has 1 aliphatic carbocycles.